The Morgan fingerprint density at radius 1 is 0.906 bits per heavy atom. The highest BCUT2D eigenvalue weighted by atomic mass is 32.2. The van der Waals surface area contributed by atoms with E-state index >= 15 is 0 Å². The zero-order valence-electron chi connectivity index (χ0n) is 17.4. The van der Waals surface area contributed by atoms with Crippen molar-refractivity contribution in [1.29, 1.82) is 0 Å². The third-order valence-corrected chi connectivity index (χ3v) is 7.83. The summed E-state index contributed by atoms with van der Waals surface area (Å²) in [5, 5.41) is 2.80. The van der Waals surface area contributed by atoms with E-state index in [1.807, 2.05) is 55.5 Å². The third-order valence-electron chi connectivity index (χ3n) is 4.81. The highest BCUT2D eigenvalue weighted by Crippen LogP contribution is 2.30. The SMILES string of the molecule is Cc1ccc(CNC(=O)c2ccc(CNS(=O)(=O)c3ccc(-c4ccccc4)s3)cc2)o1. The van der Waals surface area contributed by atoms with Crippen LogP contribution in [0.3, 0.4) is 0 Å². The molecule has 6 nitrogen and oxygen atoms in total. The second-order valence-electron chi connectivity index (χ2n) is 7.20. The molecule has 2 N–H and O–H groups in total. The lowest BCUT2D eigenvalue weighted by Gasteiger charge is -2.07. The van der Waals surface area contributed by atoms with Crippen LogP contribution in [0.2, 0.25) is 0 Å². The summed E-state index contributed by atoms with van der Waals surface area (Å²) in [6, 6.07) is 23.6. The Morgan fingerprint density at radius 3 is 2.34 bits per heavy atom. The van der Waals surface area contributed by atoms with E-state index in [1.165, 1.54) is 11.3 Å². The van der Waals surface area contributed by atoms with Gasteiger partial charge in [0.1, 0.15) is 15.7 Å². The summed E-state index contributed by atoms with van der Waals surface area (Å²) < 4.78 is 33.7. The van der Waals surface area contributed by atoms with E-state index in [2.05, 4.69) is 10.0 Å². The number of hydrogen-bond donors (Lipinski definition) is 2. The molecular weight excluding hydrogens is 444 g/mol. The van der Waals surface area contributed by atoms with Crippen LogP contribution in [0.4, 0.5) is 0 Å². The van der Waals surface area contributed by atoms with E-state index < -0.39 is 10.0 Å². The van der Waals surface area contributed by atoms with Crippen molar-refractivity contribution in [2.75, 3.05) is 0 Å². The maximum absolute atomic E-state index is 12.7. The Kier molecular flexibility index (Phi) is 6.55. The molecule has 0 spiro atoms. The number of aryl methyl sites for hydroxylation is 1. The Hall–Kier alpha value is -3.20. The minimum absolute atomic E-state index is 0.133. The van der Waals surface area contributed by atoms with Gasteiger partial charge in [-0.1, -0.05) is 42.5 Å². The number of nitrogens with one attached hydrogen (secondary N) is 2. The van der Waals surface area contributed by atoms with Crippen LogP contribution < -0.4 is 10.0 Å². The summed E-state index contributed by atoms with van der Waals surface area (Å²) in [5.41, 5.74) is 2.23. The normalized spacial score (nSPS) is 11.4. The standard InChI is InChI=1S/C24H22N2O4S2/c1-17-7-12-21(30-17)16-25-24(27)20-10-8-18(9-11-20)15-26-32(28,29)23-14-13-22(31-23)19-5-3-2-4-6-19/h2-14,26H,15-16H2,1H3,(H,25,27). The molecule has 0 saturated carbocycles. The smallest absolute Gasteiger partial charge is 0.251 e. The van der Waals surface area contributed by atoms with Crippen molar-refractivity contribution in [3.05, 3.63) is 102 Å². The van der Waals surface area contributed by atoms with Crippen LogP contribution in [0.1, 0.15) is 27.4 Å². The van der Waals surface area contributed by atoms with E-state index in [0.717, 1.165) is 21.8 Å². The van der Waals surface area contributed by atoms with Crippen molar-refractivity contribution < 1.29 is 17.6 Å². The minimum atomic E-state index is -3.63. The van der Waals surface area contributed by atoms with Crippen LogP contribution in [-0.4, -0.2) is 14.3 Å². The molecule has 0 radical (unpaired) electrons. The van der Waals surface area contributed by atoms with Crippen molar-refractivity contribution >= 4 is 27.3 Å². The van der Waals surface area contributed by atoms with E-state index in [9.17, 15) is 13.2 Å². The number of carbonyl (C=O) groups is 1. The molecule has 0 aliphatic rings. The highest BCUT2D eigenvalue weighted by Gasteiger charge is 2.17. The first kappa shape index (κ1) is 22.0. The maximum atomic E-state index is 12.7. The molecule has 32 heavy (non-hydrogen) atoms. The summed E-state index contributed by atoms with van der Waals surface area (Å²) >= 11 is 1.23. The summed E-state index contributed by atoms with van der Waals surface area (Å²) in [7, 11) is -3.63. The van der Waals surface area contributed by atoms with Gasteiger partial charge in [-0.05, 0) is 54.4 Å². The number of hydrogen-bond acceptors (Lipinski definition) is 5. The van der Waals surface area contributed by atoms with E-state index in [1.54, 1.807) is 30.3 Å². The zero-order chi connectivity index (χ0) is 22.6. The second kappa shape index (κ2) is 9.52. The first-order valence-electron chi connectivity index (χ1n) is 9.98. The Morgan fingerprint density at radius 2 is 1.66 bits per heavy atom. The van der Waals surface area contributed by atoms with Crippen molar-refractivity contribution in [1.82, 2.24) is 10.0 Å². The molecule has 0 fully saturated rings. The van der Waals surface area contributed by atoms with Crippen LogP contribution in [0.5, 0.6) is 0 Å². The predicted octanol–water partition coefficient (Wildman–Crippen LogP) is 4.73. The van der Waals surface area contributed by atoms with E-state index in [0.29, 0.717) is 17.9 Å². The van der Waals surface area contributed by atoms with Gasteiger partial charge in [0, 0.05) is 17.0 Å². The molecule has 0 aliphatic heterocycles. The molecular formula is C24H22N2O4S2. The van der Waals surface area contributed by atoms with Gasteiger partial charge in [0.05, 0.1) is 6.54 Å². The van der Waals surface area contributed by atoms with Crippen LogP contribution in [0, 0.1) is 6.92 Å². The number of thiophene rings is 1. The highest BCUT2D eigenvalue weighted by molar-refractivity contribution is 7.91. The second-order valence-corrected chi connectivity index (χ2v) is 10.3. The molecule has 4 aromatic rings. The van der Waals surface area contributed by atoms with Gasteiger partial charge in [0.15, 0.2) is 0 Å². The van der Waals surface area contributed by atoms with Crippen molar-refractivity contribution in [3.63, 3.8) is 0 Å². The molecule has 0 aliphatic carbocycles. The molecule has 0 atom stereocenters. The van der Waals surface area contributed by atoms with E-state index in [4.69, 9.17) is 4.42 Å². The van der Waals surface area contributed by atoms with Gasteiger partial charge in [-0.3, -0.25) is 4.79 Å². The number of amides is 1. The van der Waals surface area contributed by atoms with Crippen molar-refractivity contribution in [2.45, 2.75) is 24.2 Å². The topological polar surface area (TPSA) is 88.4 Å². The lowest BCUT2D eigenvalue weighted by molar-refractivity contribution is 0.0948. The summed E-state index contributed by atoms with van der Waals surface area (Å²) in [6.07, 6.45) is 0. The Bertz CT molecular complexity index is 1310. The summed E-state index contributed by atoms with van der Waals surface area (Å²) in [6.45, 7) is 2.29. The molecule has 0 bridgehead atoms. The number of rotatable bonds is 8. The molecule has 4 rings (SSSR count). The van der Waals surface area contributed by atoms with Gasteiger partial charge in [-0.15, -0.1) is 11.3 Å². The molecule has 8 heteroatoms. The van der Waals surface area contributed by atoms with Gasteiger partial charge in [0.2, 0.25) is 10.0 Å². The van der Waals surface area contributed by atoms with Crippen LogP contribution in [0.25, 0.3) is 10.4 Å². The fourth-order valence-electron chi connectivity index (χ4n) is 3.10. The molecule has 0 unspecified atom stereocenters. The van der Waals surface area contributed by atoms with E-state index in [-0.39, 0.29) is 16.7 Å². The third kappa shape index (κ3) is 5.34. The molecule has 164 valence electrons. The quantitative estimate of drug-likeness (QED) is 0.393. The maximum Gasteiger partial charge on any atom is 0.251 e. The molecule has 0 saturated heterocycles. The molecule has 2 heterocycles. The fourth-order valence-corrected chi connectivity index (χ4v) is 5.47. The van der Waals surface area contributed by atoms with Gasteiger partial charge >= 0.3 is 0 Å². The van der Waals surface area contributed by atoms with Crippen molar-refractivity contribution in [2.24, 2.45) is 0 Å². The van der Waals surface area contributed by atoms with Crippen molar-refractivity contribution in [3.8, 4) is 10.4 Å². The Balaban J connectivity index is 1.34. The predicted molar refractivity (Wildman–Crippen MR) is 125 cm³/mol. The lowest BCUT2D eigenvalue weighted by Crippen LogP contribution is -2.23. The molecule has 2 aromatic carbocycles. The van der Waals surface area contributed by atoms with Crippen LogP contribution in [-0.2, 0) is 23.1 Å². The monoisotopic (exact) mass is 466 g/mol. The number of benzene rings is 2. The first-order chi connectivity index (χ1) is 15.4. The van der Waals surface area contributed by atoms with Crippen LogP contribution in [0.15, 0.2) is 87.5 Å². The number of furan rings is 1. The Labute approximate surface area is 191 Å². The first-order valence-corrected chi connectivity index (χ1v) is 12.3. The zero-order valence-corrected chi connectivity index (χ0v) is 19.0. The lowest BCUT2D eigenvalue weighted by atomic mass is 10.1. The van der Waals surface area contributed by atoms with Crippen LogP contribution >= 0.6 is 11.3 Å². The molecule has 1 amide bonds. The van der Waals surface area contributed by atoms with Gasteiger partial charge < -0.3 is 9.73 Å². The average Bonchev–Trinajstić information content (AvgIpc) is 3.47. The number of carbonyl (C=O) groups excluding carboxylic acids is 1. The van der Waals surface area contributed by atoms with Gasteiger partial charge in [-0.25, -0.2) is 13.1 Å². The summed E-state index contributed by atoms with van der Waals surface area (Å²) in [4.78, 5) is 13.2. The minimum Gasteiger partial charge on any atom is -0.465 e. The largest absolute Gasteiger partial charge is 0.465 e. The number of sulfonamides is 1. The fraction of sp³-hybridized carbons (Fsp3) is 0.125. The molecule has 2 aromatic heterocycles. The average molecular weight is 467 g/mol. The van der Waals surface area contributed by atoms with Gasteiger partial charge in [0.25, 0.3) is 5.91 Å². The van der Waals surface area contributed by atoms with Gasteiger partial charge in [-0.2, -0.15) is 0 Å². The summed E-state index contributed by atoms with van der Waals surface area (Å²) in [5.74, 6) is 1.25.